The van der Waals surface area contributed by atoms with Gasteiger partial charge in [0.05, 0.1) is 4.88 Å². The number of hydrogen-bond donors (Lipinski definition) is 2. The molecule has 0 bridgehead atoms. The van der Waals surface area contributed by atoms with Crippen molar-refractivity contribution in [3.63, 3.8) is 0 Å². The van der Waals surface area contributed by atoms with Crippen molar-refractivity contribution in [3.8, 4) is 0 Å². The molecule has 0 saturated carbocycles. The molecule has 6 nitrogen and oxygen atoms in total. The van der Waals surface area contributed by atoms with Gasteiger partial charge in [-0.3, -0.25) is 4.79 Å². The number of aliphatic hydroxyl groups excluding tert-OH is 1. The number of nitrogens with zero attached hydrogens (tertiary/aromatic N) is 3. The summed E-state index contributed by atoms with van der Waals surface area (Å²) < 4.78 is 12.9. The van der Waals surface area contributed by atoms with Gasteiger partial charge in [-0.05, 0) is 46.3 Å². The van der Waals surface area contributed by atoms with Gasteiger partial charge in [-0.25, -0.2) is 4.39 Å². The Balaban J connectivity index is 1.72. The van der Waals surface area contributed by atoms with E-state index in [1.165, 1.54) is 23.5 Å². The number of rotatable bonds is 5. The van der Waals surface area contributed by atoms with E-state index in [1.807, 2.05) is 5.38 Å². The molecule has 116 valence electrons. The van der Waals surface area contributed by atoms with Gasteiger partial charge in [0.2, 0.25) is 5.82 Å². The van der Waals surface area contributed by atoms with Crippen molar-refractivity contribution in [1.29, 1.82) is 0 Å². The molecule has 0 fully saturated rings. The number of aromatic amines is 1. The number of ketones is 1. The summed E-state index contributed by atoms with van der Waals surface area (Å²) in [5.41, 5.74) is 1.89. The SMILES string of the molecule is O=C(C=C(O)c1nn[nH]n1)c1cc(Cc2ccc(F)cc2)cs1. The highest BCUT2D eigenvalue weighted by molar-refractivity contribution is 7.12. The van der Waals surface area contributed by atoms with Crippen molar-refractivity contribution in [3.05, 3.63) is 69.4 Å². The van der Waals surface area contributed by atoms with E-state index in [-0.39, 0.29) is 23.2 Å². The van der Waals surface area contributed by atoms with Crippen molar-refractivity contribution < 1.29 is 14.3 Å². The van der Waals surface area contributed by atoms with Gasteiger partial charge >= 0.3 is 0 Å². The summed E-state index contributed by atoms with van der Waals surface area (Å²) in [6, 6.07) is 7.96. The maximum Gasteiger partial charge on any atom is 0.239 e. The molecule has 0 aliphatic rings. The molecule has 0 atom stereocenters. The second-order valence-corrected chi connectivity index (χ2v) is 5.66. The monoisotopic (exact) mass is 330 g/mol. The molecule has 1 aromatic carbocycles. The van der Waals surface area contributed by atoms with Crippen LogP contribution in [0.4, 0.5) is 4.39 Å². The molecule has 0 aliphatic carbocycles. The number of carbonyl (C=O) groups excluding carboxylic acids is 1. The quantitative estimate of drug-likeness (QED) is 0.426. The second kappa shape index (κ2) is 6.49. The maximum atomic E-state index is 12.9. The number of aliphatic hydroxyl groups is 1. The topological polar surface area (TPSA) is 91.8 Å². The third kappa shape index (κ3) is 3.67. The molecule has 0 radical (unpaired) electrons. The lowest BCUT2D eigenvalue weighted by atomic mass is 10.1. The minimum Gasteiger partial charge on any atom is -0.504 e. The fourth-order valence-electron chi connectivity index (χ4n) is 1.97. The second-order valence-electron chi connectivity index (χ2n) is 4.75. The standard InChI is InChI=1S/C15H11FN4O2S/c16-11-3-1-9(2-4-11)5-10-6-14(23-8-10)12(21)7-13(22)15-17-19-20-18-15/h1-4,6-8,22H,5H2,(H,17,18,19,20). The van der Waals surface area contributed by atoms with Crippen LogP contribution in [-0.4, -0.2) is 31.5 Å². The summed E-state index contributed by atoms with van der Waals surface area (Å²) in [6.45, 7) is 0. The smallest absolute Gasteiger partial charge is 0.239 e. The molecule has 0 spiro atoms. The Hall–Kier alpha value is -2.87. The Morgan fingerprint density at radius 2 is 2.09 bits per heavy atom. The minimum atomic E-state index is -0.350. The van der Waals surface area contributed by atoms with Crippen LogP contribution in [0, 0.1) is 5.82 Å². The number of hydrogen-bond acceptors (Lipinski definition) is 6. The average Bonchev–Trinajstić information content (AvgIpc) is 3.21. The van der Waals surface area contributed by atoms with Crippen molar-refractivity contribution in [2.45, 2.75) is 6.42 Å². The number of halogens is 1. The van der Waals surface area contributed by atoms with E-state index in [1.54, 1.807) is 18.2 Å². The lowest BCUT2D eigenvalue weighted by Gasteiger charge is -1.98. The van der Waals surface area contributed by atoms with Crippen LogP contribution >= 0.6 is 11.3 Å². The summed E-state index contributed by atoms with van der Waals surface area (Å²) in [5, 5.41) is 24.3. The number of thiophene rings is 1. The third-order valence-electron chi connectivity index (χ3n) is 3.06. The van der Waals surface area contributed by atoms with Crippen LogP contribution in [0.25, 0.3) is 5.76 Å². The molecular weight excluding hydrogens is 319 g/mol. The predicted octanol–water partition coefficient (Wildman–Crippen LogP) is 2.77. The van der Waals surface area contributed by atoms with Gasteiger partial charge in [0.15, 0.2) is 11.5 Å². The van der Waals surface area contributed by atoms with Gasteiger partial charge in [-0.15, -0.1) is 21.5 Å². The molecule has 2 N–H and O–H groups in total. The van der Waals surface area contributed by atoms with E-state index in [0.717, 1.165) is 17.2 Å². The molecule has 3 rings (SSSR count). The molecule has 0 aliphatic heterocycles. The highest BCUT2D eigenvalue weighted by Gasteiger charge is 2.11. The molecule has 2 heterocycles. The summed E-state index contributed by atoms with van der Waals surface area (Å²) >= 11 is 1.28. The molecule has 0 amide bonds. The fraction of sp³-hybridized carbons (Fsp3) is 0.0667. The Morgan fingerprint density at radius 1 is 1.30 bits per heavy atom. The van der Waals surface area contributed by atoms with Crippen LogP contribution in [0.3, 0.4) is 0 Å². The first-order chi connectivity index (χ1) is 11.1. The number of tetrazole rings is 1. The highest BCUT2D eigenvalue weighted by Crippen LogP contribution is 2.20. The molecular formula is C15H11FN4O2S. The van der Waals surface area contributed by atoms with E-state index in [9.17, 15) is 14.3 Å². The van der Waals surface area contributed by atoms with Gasteiger partial charge < -0.3 is 5.11 Å². The zero-order chi connectivity index (χ0) is 16.2. The first-order valence-corrected chi connectivity index (χ1v) is 7.50. The zero-order valence-corrected chi connectivity index (χ0v) is 12.5. The predicted molar refractivity (Wildman–Crippen MR) is 82.6 cm³/mol. The van der Waals surface area contributed by atoms with Crippen LogP contribution in [0.5, 0.6) is 0 Å². The van der Waals surface area contributed by atoms with Gasteiger partial charge in [-0.2, -0.15) is 5.21 Å². The van der Waals surface area contributed by atoms with Gasteiger partial charge in [-0.1, -0.05) is 12.1 Å². The Kier molecular flexibility index (Phi) is 4.24. The maximum absolute atomic E-state index is 12.9. The summed E-state index contributed by atoms with van der Waals surface area (Å²) in [6.07, 6.45) is 1.66. The van der Waals surface area contributed by atoms with E-state index in [0.29, 0.717) is 11.3 Å². The number of aromatic nitrogens is 4. The largest absolute Gasteiger partial charge is 0.504 e. The number of H-pyrrole nitrogens is 1. The molecule has 3 aromatic rings. The Morgan fingerprint density at radius 3 is 2.78 bits per heavy atom. The van der Waals surface area contributed by atoms with Gasteiger partial charge in [0, 0.05) is 6.08 Å². The zero-order valence-electron chi connectivity index (χ0n) is 11.7. The van der Waals surface area contributed by atoms with E-state index >= 15 is 0 Å². The van der Waals surface area contributed by atoms with E-state index in [4.69, 9.17) is 0 Å². The molecule has 23 heavy (non-hydrogen) atoms. The summed E-state index contributed by atoms with van der Waals surface area (Å²) in [4.78, 5) is 12.6. The van der Waals surface area contributed by atoms with E-state index in [2.05, 4.69) is 20.6 Å². The summed E-state index contributed by atoms with van der Waals surface area (Å²) in [5.74, 6) is -1.02. The number of nitrogens with one attached hydrogen (secondary N) is 1. The highest BCUT2D eigenvalue weighted by atomic mass is 32.1. The van der Waals surface area contributed by atoms with Crippen LogP contribution in [0.1, 0.15) is 26.6 Å². The van der Waals surface area contributed by atoms with Crippen molar-refractivity contribution in [2.24, 2.45) is 0 Å². The third-order valence-corrected chi connectivity index (χ3v) is 4.05. The normalized spacial score (nSPS) is 11.6. The van der Waals surface area contributed by atoms with Crippen LogP contribution < -0.4 is 0 Å². The average molecular weight is 330 g/mol. The molecule has 0 saturated heterocycles. The van der Waals surface area contributed by atoms with Crippen molar-refractivity contribution >= 4 is 22.9 Å². The lowest BCUT2D eigenvalue weighted by molar-refractivity contribution is 0.104. The Bertz CT molecular complexity index is 841. The van der Waals surface area contributed by atoms with Crippen LogP contribution in [0.2, 0.25) is 0 Å². The Labute approximate surface area is 134 Å². The summed E-state index contributed by atoms with van der Waals surface area (Å²) in [7, 11) is 0. The van der Waals surface area contributed by atoms with Crippen molar-refractivity contribution in [2.75, 3.05) is 0 Å². The van der Waals surface area contributed by atoms with Crippen LogP contribution in [-0.2, 0) is 6.42 Å². The first kappa shape index (κ1) is 15.0. The molecule has 8 heteroatoms. The molecule has 0 unspecified atom stereocenters. The van der Waals surface area contributed by atoms with Crippen LogP contribution in [0.15, 0.2) is 41.8 Å². The minimum absolute atomic E-state index is 0.0403. The first-order valence-electron chi connectivity index (χ1n) is 6.62. The van der Waals surface area contributed by atoms with E-state index < -0.39 is 0 Å². The molecule has 2 aromatic heterocycles. The fourth-order valence-corrected chi connectivity index (χ4v) is 2.79. The van der Waals surface area contributed by atoms with Gasteiger partial charge in [0.1, 0.15) is 5.82 Å². The lowest BCUT2D eigenvalue weighted by Crippen LogP contribution is -1.95. The van der Waals surface area contributed by atoms with Gasteiger partial charge in [0.25, 0.3) is 0 Å². The number of carbonyl (C=O) groups is 1. The number of benzene rings is 1. The van der Waals surface area contributed by atoms with Crippen molar-refractivity contribution in [1.82, 2.24) is 20.6 Å². The number of allylic oxidation sites excluding steroid dienone is 1.